The highest BCUT2D eigenvalue weighted by Crippen LogP contribution is 2.37. The van der Waals surface area contributed by atoms with Crippen LogP contribution in [0.1, 0.15) is 56.3 Å². The lowest BCUT2D eigenvalue weighted by Crippen LogP contribution is -2.41. The smallest absolute Gasteiger partial charge is 0.416 e. The van der Waals surface area contributed by atoms with Gasteiger partial charge in [0, 0.05) is 49.7 Å². The summed E-state index contributed by atoms with van der Waals surface area (Å²) in [5, 5.41) is 6.11. The lowest BCUT2D eigenvalue weighted by atomic mass is 10.0. The van der Waals surface area contributed by atoms with E-state index in [0.29, 0.717) is 36.0 Å². The Balaban J connectivity index is 1.39. The molecule has 1 saturated heterocycles. The van der Waals surface area contributed by atoms with Crippen LogP contribution >= 0.6 is 0 Å². The van der Waals surface area contributed by atoms with Gasteiger partial charge < -0.3 is 24.8 Å². The number of halogens is 3. The minimum absolute atomic E-state index is 0.0894. The van der Waals surface area contributed by atoms with E-state index in [1.807, 2.05) is 46.8 Å². The fraction of sp³-hybridized carbons (Fsp3) is 0.412. The second kappa shape index (κ2) is 13.5. The van der Waals surface area contributed by atoms with Gasteiger partial charge in [-0.3, -0.25) is 0 Å². The quantitative estimate of drug-likeness (QED) is 0.206. The topological polar surface area (TPSA) is 97.2 Å². The standard InChI is InChI=1S/C34H40F3N7O2/c1-22-18-23(2)20-26(19-22)41-31-38-13-10-28(42-31)30-29(24-6-8-25(9-7-24)34(35,36)37)40-21-44(30)27-11-15-43(16-12-27)17-14-39-32(45)46-33(3,4)5/h6-10,13,18-21,27H,11-12,14-17H2,1-5H3,(H,39,45)(H,38,41,42). The fourth-order valence-corrected chi connectivity index (χ4v) is 5.70. The number of amides is 1. The van der Waals surface area contributed by atoms with Crippen molar-refractivity contribution in [3.8, 4) is 22.6 Å². The van der Waals surface area contributed by atoms with Crippen LogP contribution in [0.25, 0.3) is 22.6 Å². The number of alkyl halides is 3. The maximum atomic E-state index is 13.3. The van der Waals surface area contributed by atoms with Crippen molar-refractivity contribution in [2.24, 2.45) is 0 Å². The zero-order valence-electron chi connectivity index (χ0n) is 26.8. The third-order valence-corrected chi connectivity index (χ3v) is 7.70. The van der Waals surface area contributed by atoms with Crippen LogP contribution in [-0.4, -0.2) is 62.3 Å². The first-order valence-corrected chi connectivity index (χ1v) is 15.4. The first-order chi connectivity index (χ1) is 21.7. The number of likely N-dealkylation sites (tertiary alicyclic amines) is 1. The second-order valence-corrected chi connectivity index (χ2v) is 12.7. The van der Waals surface area contributed by atoms with Gasteiger partial charge >= 0.3 is 12.3 Å². The van der Waals surface area contributed by atoms with Crippen LogP contribution in [-0.2, 0) is 10.9 Å². The molecule has 5 rings (SSSR count). The number of imidazole rings is 1. The number of alkyl carbamates (subject to hydrolysis) is 1. The van der Waals surface area contributed by atoms with E-state index in [2.05, 4.69) is 31.2 Å². The van der Waals surface area contributed by atoms with Gasteiger partial charge in [-0.2, -0.15) is 13.2 Å². The minimum Gasteiger partial charge on any atom is -0.444 e. The maximum Gasteiger partial charge on any atom is 0.416 e. The predicted octanol–water partition coefficient (Wildman–Crippen LogP) is 7.55. The zero-order valence-corrected chi connectivity index (χ0v) is 26.8. The number of nitrogens with one attached hydrogen (secondary N) is 2. The highest BCUT2D eigenvalue weighted by atomic mass is 19.4. The molecule has 0 aliphatic carbocycles. The van der Waals surface area contributed by atoms with Gasteiger partial charge in [0.2, 0.25) is 5.95 Å². The van der Waals surface area contributed by atoms with Gasteiger partial charge in [0.1, 0.15) is 5.60 Å². The lowest BCUT2D eigenvalue weighted by molar-refractivity contribution is -0.137. The maximum absolute atomic E-state index is 13.3. The predicted molar refractivity (Wildman–Crippen MR) is 172 cm³/mol. The van der Waals surface area contributed by atoms with Crippen LogP contribution in [0, 0.1) is 13.8 Å². The van der Waals surface area contributed by atoms with Gasteiger partial charge in [-0.1, -0.05) is 18.2 Å². The Morgan fingerprint density at radius 2 is 1.65 bits per heavy atom. The first-order valence-electron chi connectivity index (χ1n) is 15.4. The zero-order chi connectivity index (χ0) is 33.1. The molecule has 0 bridgehead atoms. The van der Waals surface area contributed by atoms with E-state index in [0.717, 1.165) is 60.6 Å². The average Bonchev–Trinajstić information content (AvgIpc) is 3.41. The van der Waals surface area contributed by atoms with Gasteiger partial charge in [-0.25, -0.2) is 19.7 Å². The van der Waals surface area contributed by atoms with Crippen LogP contribution in [0.3, 0.4) is 0 Å². The number of benzene rings is 2. The Bertz CT molecular complexity index is 1630. The Morgan fingerprint density at radius 1 is 0.978 bits per heavy atom. The van der Waals surface area contributed by atoms with E-state index in [4.69, 9.17) is 14.7 Å². The van der Waals surface area contributed by atoms with Crippen molar-refractivity contribution in [2.75, 3.05) is 31.5 Å². The number of piperidine rings is 1. The van der Waals surface area contributed by atoms with Crippen LogP contribution < -0.4 is 10.6 Å². The van der Waals surface area contributed by atoms with Gasteiger partial charge in [0.05, 0.1) is 29.0 Å². The third kappa shape index (κ3) is 8.42. The molecule has 2 aromatic heterocycles. The van der Waals surface area contributed by atoms with E-state index in [1.54, 1.807) is 18.6 Å². The summed E-state index contributed by atoms with van der Waals surface area (Å²) < 4.78 is 47.4. The molecular formula is C34H40F3N7O2. The number of rotatable bonds is 8. The number of ether oxygens (including phenoxy) is 1. The van der Waals surface area contributed by atoms with Crippen molar-refractivity contribution in [1.29, 1.82) is 0 Å². The summed E-state index contributed by atoms with van der Waals surface area (Å²) in [6.45, 7) is 12.3. The van der Waals surface area contributed by atoms with Crippen molar-refractivity contribution >= 4 is 17.7 Å². The van der Waals surface area contributed by atoms with E-state index in [-0.39, 0.29) is 6.04 Å². The molecule has 244 valence electrons. The largest absolute Gasteiger partial charge is 0.444 e. The normalized spacial score (nSPS) is 14.7. The van der Waals surface area contributed by atoms with Crippen molar-refractivity contribution in [2.45, 2.75) is 65.3 Å². The molecule has 1 amide bonds. The van der Waals surface area contributed by atoms with Crippen molar-refractivity contribution in [3.05, 3.63) is 77.7 Å². The van der Waals surface area contributed by atoms with Crippen molar-refractivity contribution in [3.63, 3.8) is 0 Å². The highest BCUT2D eigenvalue weighted by molar-refractivity contribution is 5.77. The Labute approximate surface area is 267 Å². The van der Waals surface area contributed by atoms with E-state index in [1.165, 1.54) is 12.1 Å². The monoisotopic (exact) mass is 635 g/mol. The van der Waals surface area contributed by atoms with Gasteiger partial charge in [-0.05, 0) is 88.9 Å². The summed E-state index contributed by atoms with van der Waals surface area (Å²) in [5.41, 5.74) is 4.25. The van der Waals surface area contributed by atoms with Crippen LogP contribution in [0.5, 0.6) is 0 Å². The number of hydrogen-bond acceptors (Lipinski definition) is 7. The molecule has 1 aliphatic heterocycles. The van der Waals surface area contributed by atoms with Crippen molar-refractivity contribution in [1.82, 2.24) is 29.7 Å². The minimum atomic E-state index is -4.43. The highest BCUT2D eigenvalue weighted by Gasteiger charge is 2.31. The van der Waals surface area contributed by atoms with Gasteiger partial charge in [0.15, 0.2) is 0 Å². The molecular weight excluding hydrogens is 595 g/mol. The number of carbonyl (C=O) groups excluding carboxylic acids is 1. The summed E-state index contributed by atoms with van der Waals surface area (Å²) in [4.78, 5) is 28.3. The number of aromatic nitrogens is 4. The lowest BCUT2D eigenvalue weighted by Gasteiger charge is -2.33. The SMILES string of the molecule is Cc1cc(C)cc(Nc2nccc(-c3c(-c4ccc(C(F)(F)F)cc4)ncn3C3CCN(CCNC(=O)OC(C)(C)C)CC3)n2)c1. The molecule has 4 aromatic rings. The Hall–Kier alpha value is -4.45. The van der Waals surface area contributed by atoms with Crippen LogP contribution in [0.15, 0.2) is 61.1 Å². The molecule has 1 fully saturated rings. The van der Waals surface area contributed by atoms with Gasteiger partial charge in [0.25, 0.3) is 0 Å². The molecule has 1 aliphatic rings. The number of nitrogens with zero attached hydrogens (tertiary/aromatic N) is 5. The third-order valence-electron chi connectivity index (χ3n) is 7.70. The molecule has 12 heteroatoms. The molecule has 2 aromatic carbocycles. The molecule has 0 unspecified atom stereocenters. The van der Waals surface area contributed by atoms with Crippen LogP contribution in [0.2, 0.25) is 0 Å². The van der Waals surface area contributed by atoms with E-state index in [9.17, 15) is 18.0 Å². The Morgan fingerprint density at radius 3 is 2.28 bits per heavy atom. The summed E-state index contributed by atoms with van der Waals surface area (Å²) >= 11 is 0. The molecule has 0 radical (unpaired) electrons. The Kier molecular flexibility index (Phi) is 9.66. The number of carbonyl (C=O) groups is 1. The van der Waals surface area contributed by atoms with E-state index < -0.39 is 23.4 Å². The summed E-state index contributed by atoms with van der Waals surface area (Å²) in [6.07, 6.45) is 0.200. The molecule has 0 atom stereocenters. The summed E-state index contributed by atoms with van der Waals surface area (Å²) in [5.74, 6) is 0.404. The molecule has 3 heterocycles. The van der Waals surface area contributed by atoms with Crippen molar-refractivity contribution < 1.29 is 22.7 Å². The number of hydrogen-bond donors (Lipinski definition) is 2. The van der Waals surface area contributed by atoms with E-state index >= 15 is 0 Å². The first kappa shape index (κ1) is 32.9. The van der Waals surface area contributed by atoms with Gasteiger partial charge in [-0.15, -0.1) is 0 Å². The number of aryl methyl sites for hydroxylation is 2. The number of anilines is 2. The van der Waals surface area contributed by atoms with Crippen LogP contribution in [0.4, 0.5) is 29.6 Å². The molecule has 46 heavy (non-hydrogen) atoms. The molecule has 0 spiro atoms. The summed E-state index contributed by atoms with van der Waals surface area (Å²) in [6, 6.07) is 13.1. The molecule has 2 N–H and O–H groups in total. The fourth-order valence-electron chi connectivity index (χ4n) is 5.70. The summed E-state index contributed by atoms with van der Waals surface area (Å²) in [7, 11) is 0. The second-order valence-electron chi connectivity index (χ2n) is 12.7. The average molecular weight is 636 g/mol. The molecule has 0 saturated carbocycles. The molecule has 9 nitrogen and oxygen atoms in total.